The summed E-state index contributed by atoms with van der Waals surface area (Å²) in [4.78, 5) is 14.8. The van der Waals surface area contributed by atoms with Crippen molar-refractivity contribution < 1.29 is 14.6 Å². The minimum absolute atomic E-state index is 0.0691. The molecule has 4 nitrogen and oxygen atoms in total. The molecule has 6 heteroatoms. The summed E-state index contributed by atoms with van der Waals surface area (Å²) in [6.07, 6.45) is -0.0691. The Morgan fingerprint density at radius 3 is 2.94 bits per heavy atom. The van der Waals surface area contributed by atoms with Crippen molar-refractivity contribution in [2.45, 2.75) is 6.42 Å². The third-order valence-electron chi connectivity index (χ3n) is 2.28. The van der Waals surface area contributed by atoms with Crippen LogP contribution in [0.25, 0.3) is 10.6 Å². The van der Waals surface area contributed by atoms with Crippen LogP contribution in [0.5, 0.6) is 5.75 Å². The van der Waals surface area contributed by atoms with E-state index >= 15 is 0 Å². The molecule has 1 aromatic carbocycles. The van der Waals surface area contributed by atoms with Gasteiger partial charge < -0.3 is 9.84 Å². The molecule has 0 atom stereocenters. The smallest absolute Gasteiger partial charge is 0.309 e. The van der Waals surface area contributed by atoms with Gasteiger partial charge >= 0.3 is 5.97 Å². The fourth-order valence-electron chi connectivity index (χ4n) is 1.48. The number of aliphatic carboxylic acids is 1. The van der Waals surface area contributed by atoms with Crippen LogP contribution in [0.3, 0.4) is 0 Å². The lowest BCUT2D eigenvalue weighted by Crippen LogP contribution is -1.99. The monoisotopic (exact) mass is 283 g/mol. The molecule has 0 bridgehead atoms. The first-order chi connectivity index (χ1) is 8.60. The maximum Gasteiger partial charge on any atom is 0.309 e. The number of nitrogens with zero attached hydrogens (tertiary/aromatic N) is 1. The highest BCUT2D eigenvalue weighted by molar-refractivity contribution is 7.13. The Balaban J connectivity index is 2.28. The second-order valence-electron chi connectivity index (χ2n) is 3.56. The molecule has 0 aliphatic rings. The average Bonchev–Trinajstić information content (AvgIpc) is 2.76. The quantitative estimate of drug-likeness (QED) is 0.937. The number of hydrogen-bond acceptors (Lipinski definition) is 4. The zero-order valence-electron chi connectivity index (χ0n) is 9.51. The van der Waals surface area contributed by atoms with Crippen LogP contribution in [0.15, 0.2) is 23.6 Å². The Labute approximate surface area is 113 Å². The summed E-state index contributed by atoms with van der Waals surface area (Å²) >= 11 is 7.42. The van der Waals surface area contributed by atoms with Crippen molar-refractivity contribution in [2.24, 2.45) is 0 Å². The number of carboxylic acids is 1. The minimum atomic E-state index is -0.889. The van der Waals surface area contributed by atoms with E-state index in [9.17, 15) is 4.79 Å². The second kappa shape index (κ2) is 5.37. The van der Waals surface area contributed by atoms with Crippen molar-refractivity contribution in [1.82, 2.24) is 4.98 Å². The molecule has 0 aliphatic carbocycles. The van der Waals surface area contributed by atoms with E-state index in [2.05, 4.69) is 4.98 Å². The summed E-state index contributed by atoms with van der Waals surface area (Å²) in [6.45, 7) is 0. The number of halogens is 1. The third-order valence-corrected chi connectivity index (χ3v) is 3.52. The molecule has 1 heterocycles. The summed E-state index contributed by atoms with van der Waals surface area (Å²) in [5.41, 5.74) is 1.40. The number of carboxylic acid groups (broad SMARTS) is 1. The molecular weight excluding hydrogens is 274 g/mol. The number of rotatable bonds is 4. The van der Waals surface area contributed by atoms with Crippen molar-refractivity contribution in [2.75, 3.05) is 7.11 Å². The van der Waals surface area contributed by atoms with Crippen molar-refractivity contribution in [3.8, 4) is 16.3 Å². The Morgan fingerprint density at radius 1 is 1.56 bits per heavy atom. The fourth-order valence-corrected chi connectivity index (χ4v) is 2.55. The molecule has 1 N–H and O–H groups in total. The first kappa shape index (κ1) is 12.9. The topological polar surface area (TPSA) is 59.4 Å². The zero-order chi connectivity index (χ0) is 13.1. The van der Waals surface area contributed by atoms with Crippen LogP contribution in [0, 0.1) is 0 Å². The number of thiazole rings is 1. The predicted molar refractivity (Wildman–Crippen MR) is 70.5 cm³/mol. The van der Waals surface area contributed by atoms with E-state index in [1.165, 1.54) is 11.3 Å². The van der Waals surface area contributed by atoms with Crippen LogP contribution in [0.4, 0.5) is 0 Å². The van der Waals surface area contributed by atoms with Gasteiger partial charge in [0.05, 0.1) is 24.2 Å². The third kappa shape index (κ3) is 2.80. The molecular formula is C12H10ClNO3S. The van der Waals surface area contributed by atoms with Crippen LogP contribution in [-0.2, 0) is 11.2 Å². The lowest BCUT2D eigenvalue weighted by Gasteiger charge is -2.03. The largest absolute Gasteiger partial charge is 0.495 e. The maximum atomic E-state index is 10.6. The lowest BCUT2D eigenvalue weighted by molar-refractivity contribution is -0.136. The van der Waals surface area contributed by atoms with Gasteiger partial charge in [0.2, 0.25) is 0 Å². The Morgan fingerprint density at radius 2 is 2.33 bits per heavy atom. The van der Waals surface area contributed by atoms with Crippen molar-refractivity contribution >= 4 is 28.9 Å². The van der Waals surface area contributed by atoms with Crippen LogP contribution >= 0.6 is 22.9 Å². The van der Waals surface area contributed by atoms with Crippen molar-refractivity contribution in [1.29, 1.82) is 0 Å². The van der Waals surface area contributed by atoms with Crippen LogP contribution in [-0.4, -0.2) is 23.2 Å². The number of carbonyl (C=O) groups is 1. The molecule has 0 unspecified atom stereocenters. The predicted octanol–water partition coefficient (Wildman–Crippen LogP) is 3.10. The molecule has 0 saturated carbocycles. The number of benzene rings is 1. The molecule has 2 aromatic rings. The summed E-state index contributed by atoms with van der Waals surface area (Å²) in [5.74, 6) is -0.289. The van der Waals surface area contributed by atoms with E-state index < -0.39 is 5.97 Å². The normalized spacial score (nSPS) is 10.3. The van der Waals surface area contributed by atoms with Gasteiger partial charge in [0, 0.05) is 10.9 Å². The van der Waals surface area contributed by atoms with Gasteiger partial charge in [-0.15, -0.1) is 11.3 Å². The van der Waals surface area contributed by atoms with Crippen LogP contribution in [0.1, 0.15) is 5.69 Å². The van der Waals surface area contributed by atoms with Gasteiger partial charge in [-0.05, 0) is 18.2 Å². The van der Waals surface area contributed by atoms with Gasteiger partial charge in [-0.1, -0.05) is 11.6 Å². The van der Waals surface area contributed by atoms with E-state index in [1.807, 2.05) is 6.07 Å². The molecule has 2 rings (SSSR count). The molecule has 94 valence electrons. The first-order valence-electron chi connectivity index (χ1n) is 5.10. The van der Waals surface area contributed by atoms with Crippen LogP contribution in [0.2, 0.25) is 5.02 Å². The van der Waals surface area contributed by atoms with Crippen molar-refractivity contribution in [3.05, 3.63) is 34.3 Å². The molecule has 0 amide bonds. The van der Waals surface area contributed by atoms with Crippen LogP contribution < -0.4 is 4.74 Å². The minimum Gasteiger partial charge on any atom is -0.495 e. The van der Waals surface area contributed by atoms with E-state index in [1.54, 1.807) is 24.6 Å². The molecule has 0 radical (unpaired) electrons. The number of aromatic nitrogens is 1. The first-order valence-corrected chi connectivity index (χ1v) is 6.36. The van der Waals surface area contributed by atoms with E-state index in [-0.39, 0.29) is 6.42 Å². The molecule has 0 aliphatic heterocycles. The molecule has 18 heavy (non-hydrogen) atoms. The molecule has 0 saturated heterocycles. The number of ether oxygens (including phenoxy) is 1. The molecule has 0 fully saturated rings. The van der Waals surface area contributed by atoms with Gasteiger partial charge in [0.1, 0.15) is 10.8 Å². The standard InChI is InChI=1S/C12H10ClNO3S/c1-17-10-3-2-7(4-9(10)13)12-14-8(6-18-12)5-11(15)16/h2-4,6H,5H2,1H3,(H,15,16). The molecule has 1 aromatic heterocycles. The Hall–Kier alpha value is -1.59. The van der Waals surface area contributed by atoms with E-state index in [4.69, 9.17) is 21.4 Å². The van der Waals surface area contributed by atoms with Gasteiger partial charge in [-0.2, -0.15) is 0 Å². The van der Waals surface area contributed by atoms with E-state index in [0.717, 1.165) is 10.6 Å². The SMILES string of the molecule is COc1ccc(-c2nc(CC(=O)O)cs2)cc1Cl. The number of hydrogen-bond donors (Lipinski definition) is 1. The van der Waals surface area contributed by atoms with Gasteiger partial charge in [-0.25, -0.2) is 4.98 Å². The summed E-state index contributed by atoms with van der Waals surface area (Å²) in [7, 11) is 1.55. The number of methoxy groups -OCH3 is 1. The Kier molecular flexibility index (Phi) is 3.84. The highest BCUT2D eigenvalue weighted by atomic mass is 35.5. The Bertz CT molecular complexity index is 582. The lowest BCUT2D eigenvalue weighted by atomic mass is 10.2. The highest BCUT2D eigenvalue weighted by Gasteiger charge is 2.09. The highest BCUT2D eigenvalue weighted by Crippen LogP contribution is 2.31. The summed E-state index contributed by atoms with van der Waals surface area (Å²) < 4.78 is 5.07. The summed E-state index contributed by atoms with van der Waals surface area (Å²) in [5, 5.41) is 11.7. The van der Waals surface area contributed by atoms with Crippen molar-refractivity contribution in [3.63, 3.8) is 0 Å². The fraction of sp³-hybridized carbons (Fsp3) is 0.167. The average molecular weight is 284 g/mol. The molecule has 0 spiro atoms. The summed E-state index contributed by atoms with van der Waals surface area (Å²) in [6, 6.07) is 5.35. The second-order valence-corrected chi connectivity index (χ2v) is 4.83. The van der Waals surface area contributed by atoms with E-state index in [0.29, 0.717) is 16.5 Å². The van der Waals surface area contributed by atoms with Gasteiger partial charge in [-0.3, -0.25) is 4.79 Å². The zero-order valence-corrected chi connectivity index (χ0v) is 11.1. The van der Waals surface area contributed by atoms with Gasteiger partial charge in [0.15, 0.2) is 0 Å². The maximum absolute atomic E-state index is 10.6. The van der Waals surface area contributed by atoms with Gasteiger partial charge in [0.25, 0.3) is 0 Å².